The van der Waals surface area contributed by atoms with Gasteiger partial charge in [0.25, 0.3) is 0 Å². The highest BCUT2D eigenvalue weighted by molar-refractivity contribution is 6.14. The predicted molar refractivity (Wildman–Crippen MR) is 117 cm³/mol. The monoisotopic (exact) mass is 349 g/mol. The molecule has 0 saturated heterocycles. The molecule has 4 aromatic rings. The van der Waals surface area contributed by atoms with E-state index in [2.05, 4.69) is 91.6 Å². The molecular weight excluding hydrogens is 326 g/mol. The fourth-order valence-corrected chi connectivity index (χ4v) is 4.44. The molecule has 0 bridgehead atoms. The van der Waals surface area contributed by atoms with Gasteiger partial charge in [-0.25, -0.2) is 0 Å². The summed E-state index contributed by atoms with van der Waals surface area (Å²) in [4.78, 5) is 3.56. The number of allylic oxidation sites excluding steroid dienone is 4. The highest BCUT2D eigenvalue weighted by Gasteiger charge is 2.13. The zero-order valence-corrected chi connectivity index (χ0v) is 15.8. The smallest absolute Gasteiger partial charge is 0.0471 e. The molecule has 1 aliphatic carbocycles. The van der Waals surface area contributed by atoms with Crippen molar-refractivity contribution in [3.63, 3.8) is 0 Å². The van der Waals surface area contributed by atoms with E-state index in [1.807, 2.05) is 0 Å². The number of rotatable bonds is 2. The van der Waals surface area contributed by atoms with E-state index in [4.69, 9.17) is 0 Å². The lowest BCUT2D eigenvalue weighted by Gasteiger charge is -2.17. The van der Waals surface area contributed by atoms with Crippen molar-refractivity contribution in [1.82, 2.24) is 4.98 Å². The normalized spacial score (nSPS) is 14.4. The largest absolute Gasteiger partial charge is 0.354 e. The van der Waals surface area contributed by atoms with Gasteiger partial charge in [0, 0.05) is 21.8 Å². The Hall–Kier alpha value is -3.06. The van der Waals surface area contributed by atoms with Gasteiger partial charge in [0.15, 0.2) is 0 Å². The number of para-hydroxylation sites is 1. The lowest BCUT2D eigenvalue weighted by atomic mass is 9.88. The number of nitrogens with one attached hydrogen (secondary N) is 1. The number of benzene rings is 3. The molecule has 1 aliphatic rings. The number of aryl methyl sites for hydroxylation is 1. The summed E-state index contributed by atoms with van der Waals surface area (Å²) in [6.45, 7) is 4.47. The Morgan fingerprint density at radius 1 is 0.815 bits per heavy atom. The van der Waals surface area contributed by atoms with Crippen LogP contribution in [0.15, 0.2) is 78.4 Å². The van der Waals surface area contributed by atoms with Gasteiger partial charge in [-0.3, -0.25) is 0 Å². The minimum absolute atomic E-state index is 1.14. The third-order valence-corrected chi connectivity index (χ3v) is 5.80. The van der Waals surface area contributed by atoms with Gasteiger partial charge in [0.05, 0.1) is 0 Å². The lowest BCUT2D eigenvalue weighted by molar-refractivity contribution is 1.03. The Labute approximate surface area is 160 Å². The van der Waals surface area contributed by atoms with Gasteiger partial charge < -0.3 is 4.98 Å². The predicted octanol–water partition coefficient (Wildman–Crippen LogP) is 7.42. The van der Waals surface area contributed by atoms with E-state index in [-0.39, 0.29) is 0 Å². The van der Waals surface area contributed by atoms with Crippen LogP contribution >= 0.6 is 0 Å². The summed E-state index contributed by atoms with van der Waals surface area (Å²) in [5.74, 6) is 0. The molecule has 0 amide bonds. The molecule has 0 radical (unpaired) electrons. The van der Waals surface area contributed by atoms with E-state index >= 15 is 0 Å². The van der Waals surface area contributed by atoms with E-state index in [0.717, 1.165) is 12.8 Å². The molecule has 0 unspecified atom stereocenters. The first-order chi connectivity index (χ1) is 13.2. The molecule has 0 aliphatic heterocycles. The number of aromatic nitrogens is 1. The van der Waals surface area contributed by atoms with Gasteiger partial charge in [0.2, 0.25) is 0 Å². The first kappa shape index (κ1) is 16.1. The summed E-state index contributed by atoms with van der Waals surface area (Å²) < 4.78 is 0. The molecule has 27 heavy (non-hydrogen) atoms. The van der Waals surface area contributed by atoms with Crippen molar-refractivity contribution in [3.05, 3.63) is 89.5 Å². The quantitative estimate of drug-likeness (QED) is 0.387. The molecule has 0 fully saturated rings. The number of aromatic amines is 1. The Balaban J connectivity index is 1.70. The Bertz CT molecular complexity index is 1230. The second-order valence-electron chi connectivity index (χ2n) is 7.53. The maximum atomic E-state index is 3.56. The topological polar surface area (TPSA) is 15.8 Å². The van der Waals surface area contributed by atoms with Gasteiger partial charge in [-0.15, -0.1) is 0 Å². The van der Waals surface area contributed by atoms with Crippen molar-refractivity contribution < 1.29 is 0 Å². The van der Waals surface area contributed by atoms with E-state index in [0.29, 0.717) is 0 Å². The molecule has 1 heterocycles. The van der Waals surface area contributed by atoms with Gasteiger partial charge >= 0.3 is 0 Å². The van der Waals surface area contributed by atoms with Crippen molar-refractivity contribution in [1.29, 1.82) is 0 Å². The van der Waals surface area contributed by atoms with Crippen LogP contribution in [0.4, 0.5) is 0 Å². The molecule has 1 heteroatoms. The number of H-pyrrole nitrogens is 1. The van der Waals surface area contributed by atoms with Crippen LogP contribution in [0.2, 0.25) is 0 Å². The lowest BCUT2D eigenvalue weighted by Crippen LogP contribution is -1.96. The molecule has 0 saturated carbocycles. The van der Waals surface area contributed by atoms with Crippen LogP contribution in [0.25, 0.3) is 38.5 Å². The summed E-state index contributed by atoms with van der Waals surface area (Å²) in [5, 5.41) is 2.61. The molecule has 1 aromatic heterocycles. The highest BCUT2D eigenvalue weighted by atomic mass is 14.7. The molecule has 0 atom stereocenters. The van der Waals surface area contributed by atoms with E-state index in [1.54, 1.807) is 0 Å². The fraction of sp³-hybridized carbons (Fsp3) is 0.154. The minimum atomic E-state index is 1.14. The average molecular weight is 349 g/mol. The second-order valence-corrected chi connectivity index (χ2v) is 7.53. The molecular formula is C26H23N. The van der Waals surface area contributed by atoms with Crippen LogP contribution in [-0.4, -0.2) is 4.98 Å². The Morgan fingerprint density at radius 3 is 2.52 bits per heavy atom. The summed E-state index contributed by atoms with van der Waals surface area (Å²) in [6.07, 6.45) is 6.82. The van der Waals surface area contributed by atoms with Crippen LogP contribution in [-0.2, 0) is 0 Å². The van der Waals surface area contributed by atoms with Crippen LogP contribution in [0.1, 0.15) is 30.9 Å². The van der Waals surface area contributed by atoms with Crippen LogP contribution in [0, 0.1) is 6.92 Å². The minimum Gasteiger partial charge on any atom is -0.354 e. The molecule has 1 N–H and O–H groups in total. The van der Waals surface area contributed by atoms with Gasteiger partial charge in [-0.1, -0.05) is 60.7 Å². The zero-order valence-electron chi connectivity index (χ0n) is 15.8. The van der Waals surface area contributed by atoms with E-state index in [9.17, 15) is 0 Å². The zero-order chi connectivity index (χ0) is 18.4. The Kier molecular flexibility index (Phi) is 3.75. The van der Waals surface area contributed by atoms with Gasteiger partial charge in [-0.2, -0.15) is 0 Å². The third-order valence-electron chi connectivity index (χ3n) is 5.80. The van der Waals surface area contributed by atoms with Crippen LogP contribution in [0.3, 0.4) is 0 Å². The fourth-order valence-electron chi connectivity index (χ4n) is 4.44. The van der Waals surface area contributed by atoms with E-state index < -0.39 is 0 Å². The SMILES string of the molecule is CC1=C(c2ccc(-c3cccc4[nH]c5ccccc5c34)cc2C)CCC=C1. The standard InChI is InChI=1S/C26H23N/c1-17-8-3-4-9-20(17)21-15-14-19(16-18(21)2)22-11-7-13-25-26(22)23-10-5-6-12-24(23)27-25/h3,5-8,10-16,27H,4,9H2,1-2H3. The molecule has 5 rings (SSSR count). The first-order valence-electron chi connectivity index (χ1n) is 9.69. The number of hydrogen-bond donors (Lipinski definition) is 1. The van der Waals surface area contributed by atoms with Gasteiger partial charge in [-0.05, 0) is 72.2 Å². The summed E-state index contributed by atoms with van der Waals surface area (Å²) in [5.41, 5.74) is 10.6. The van der Waals surface area contributed by atoms with Crippen molar-refractivity contribution in [3.8, 4) is 11.1 Å². The molecule has 1 nitrogen and oxygen atoms in total. The molecule has 0 spiro atoms. The van der Waals surface area contributed by atoms with Crippen LogP contribution < -0.4 is 0 Å². The summed E-state index contributed by atoms with van der Waals surface area (Å²) in [7, 11) is 0. The van der Waals surface area contributed by atoms with Crippen molar-refractivity contribution in [2.75, 3.05) is 0 Å². The second kappa shape index (κ2) is 6.28. The number of hydrogen-bond acceptors (Lipinski definition) is 0. The van der Waals surface area contributed by atoms with Crippen molar-refractivity contribution in [2.24, 2.45) is 0 Å². The Morgan fingerprint density at radius 2 is 1.67 bits per heavy atom. The highest BCUT2D eigenvalue weighted by Crippen LogP contribution is 2.37. The van der Waals surface area contributed by atoms with Gasteiger partial charge in [0.1, 0.15) is 0 Å². The summed E-state index contributed by atoms with van der Waals surface area (Å²) >= 11 is 0. The number of fused-ring (bicyclic) bond motifs is 3. The molecule has 3 aromatic carbocycles. The summed E-state index contributed by atoms with van der Waals surface area (Å²) in [6, 6.07) is 22.1. The third kappa shape index (κ3) is 2.62. The maximum Gasteiger partial charge on any atom is 0.0471 e. The maximum absolute atomic E-state index is 3.56. The first-order valence-corrected chi connectivity index (χ1v) is 9.69. The molecule has 132 valence electrons. The van der Waals surface area contributed by atoms with E-state index in [1.165, 1.54) is 55.2 Å². The van der Waals surface area contributed by atoms with Crippen molar-refractivity contribution >= 4 is 27.4 Å². The van der Waals surface area contributed by atoms with Crippen molar-refractivity contribution in [2.45, 2.75) is 26.7 Å². The van der Waals surface area contributed by atoms with Crippen LogP contribution in [0.5, 0.6) is 0 Å². The average Bonchev–Trinajstić information content (AvgIpc) is 3.07.